The van der Waals surface area contributed by atoms with Crippen LogP contribution in [-0.4, -0.2) is 9.55 Å². The molecule has 0 unspecified atom stereocenters. The summed E-state index contributed by atoms with van der Waals surface area (Å²) in [5.74, 6) is -2.27. The molecule has 5 rings (SSSR count). The smallest absolute Gasteiger partial charge is 0.362 e. The first kappa shape index (κ1) is 21.4. The van der Waals surface area contributed by atoms with Crippen LogP contribution >= 0.6 is 31.9 Å². The van der Waals surface area contributed by atoms with Gasteiger partial charge in [-0.3, -0.25) is 0 Å². The molecule has 3 heterocycles. The second kappa shape index (κ2) is 7.83. The molecular weight excluding hydrogens is 566 g/mol. The van der Waals surface area contributed by atoms with E-state index in [0.717, 1.165) is 0 Å². The van der Waals surface area contributed by atoms with Crippen molar-refractivity contribution in [1.82, 2.24) is 9.55 Å². The summed E-state index contributed by atoms with van der Waals surface area (Å²) in [5.41, 5.74) is 4.98. The number of halogens is 4. The van der Waals surface area contributed by atoms with E-state index in [-0.39, 0.29) is 45.2 Å². The Morgan fingerprint density at radius 2 is 1.82 bits per heavy atom. The lowest BCUT2D eigenvalue weighted by molar-refractivity contribution is 0.454. The Balaban J connectivity index is 1.92. The predicted molar refractivity (Wildman–Crippen MR) is 121 cm³/mol. The molecule has 0 aliphatic carbocycles. The number of fused-ring (bicyclic) bond motifs is 3. The van der Waals surface area contributed by atoms with E-state index in [0.29, 0.717) is 8.95 Å². The van der Waals surface area contributed by atoms with Crippen molar-refractivity contribution in [1.29, 1.82) is 5.26 Å². The maximum absolute atomic E-state index is 14.8. The van der Waals surface area contributed by atoms with Gasteiger partial charge in [-0.2, -0.15) is 10.2 Å². The van der Waals surface area contributed by atoms with Crippen LogP contribution in [0.2, 0.25) is 0 Å². The Morgan fingerprint density at radius 1 is 1.12 bits per heavy atom. The molecule has 0 spiro atoms. The maximum Gasteiger partial charge on any atom is 0.362 e. The molecule has 0 fully saturated rings. The van der Waals surface area contributed by atoms with Crippen molar-refractivity contribution in [3.8, 4) is 12.0 Å². The molecule has 1 atom stereocenters. The molecule has 0 saturated carbocycles. The molecule has 0 amide bonds. The van der Waals surface area contributed by atoms with Crippen LogP contribution in [0.25, 0.3) is 17.5 Å². The SMILES string of the molecule is N#CC1=c2oc(=O)/c(=C\c3cc(Br)ccc3F)n2-c2oc(N)nc2[C@H]1c1cc(Br)ccc1F. The van der Waals surface area contributed by atoms with Crippen LogP contribution in [0.4, 0.5) is 14.8 Å². The summed E-state index contributed by atoms with van der Waals surface area (Å²) in [6.07, 6.45) is 1.26. The molecule has 4 aromatic rings. The van der Waals surface area contributed by atoms with Crippen molar-refractivity contribution in [2.45, 2.75) is 5.92 Å². The first-order valence-corrected chi connectivity index (χ1v) is 10.9. The molecule has 2 N–H and O–H groups in total. The Bertz CT molecular complexity index is 1680. The van der Waals surface area contributed by atoms with Crippen molar-refractivity contribution in [2.24, 2.45) is 0 Å². The van der Waals surface area contributed by atoms with Gasteiger partial charge < -0.3 is 14.6 Å². The Labute approximate surface area is 200 Å². The summed E-state index contributed by atoms with van der Waals surface area (Å²) in [7, 11) is 0. The molecule has 7 nitrogen and oxygen atoms in total. The van der Waals surface area contributed by atoms with Crippen LogP contribution in [0, 0.1) is 23.0 Å². The van der Waals surface area contributed by atoms with Crippen LogP contribution < -0.4 is 22.3 Å². The average molecular weight is 576 g/mol. The number of hydrogen-bond acceptors (Lipinski definition) is 6. The van der Waals surface area contributed by atoms with Gasteiger partial charge >= 0.3 is 5.63 Å². The minimum atomic E-state index is -1.05. The topological polar surface area (TPSA) is 111 Å². The summed E-state index contributed by atoms with van der Waals surface area (Å²) in [5, 5.41) is 9.85. The highest BCUT2D eigenvalue weighted by Gasteiger charge is 2.37. The van der Waals surface area contributed by atoms with Gasteiger partial charge in [0.15, 0.2) is 0 Å². The highest BCUT2D eigenvalue weighted by Crippen LogP contribution is 2.39. The molecule has 1 aliphatic heterocycles. The molecule has 33 heavy (non-hydrogen) atoms. The van der Waals surface area contributed by atoms with E-state index in [1.54, 1.807) is 0 Å². The number of aromatic nitrogens is 2. The standard InChI is InChI=1S/C22H10Br2F2N4O3/c23-10-1-3-14(25)9(5-10)6-16-21(31)32-19-13(8-27)17(12-7-11(24)2-4-15(12)26)18-20(30(16)19)33-22(28)29-18/h1-7,17H,(H2,28,29)/b16-6+/t17-/m0/s1. The Hall–Kier alpha value is -3.49. The minimum Gasteiger partial charge on any atom is -0.406 e. The fourth-order valence-electron chi connectivity index (χ4n) is 3.76. The number of nitrogens with two attached hydrogens (primary N) is 1. The van der Waals surface area contributed by atoms with E-state index in [1.807, 2.05) is 6.07 Å². The third-order valence-corrected chi connectivity index (χ3v) is 6.12. The Kier molecular flexibility index (Phi) is 5.07. The fraction of sp³-hybridized carbons (Fsp3) is 0.0455. The number of nitrogen functional groups attached to an aromatic ring is 1. The van der Waals surface area contributed by atoms with Gasteiger partial charge in [0.1, 0.15) is 34.3 Å². The van der Waals surface area contributed by atoms with Crippen LogP contribution in [0.5, 0.6) is 0 Å². The molecule has 0 radical (unpaired) electrons. The molecular formula is C22H10Br2F2N4O3. The number of nitrogens with zero attached hydrogens (tertiary/aromatic N) is 3. The molecule has 0 saturated heterocycles. The zero-order valence-corrected chi connectivity index (χ0v) is 19.4. The van der Waals surface area contributed by atoms with E-state index in [4.69, 9.17) is 14.6 Å². The molecule has 1 aliphatic rings. The highest BCUT2D eigenvalue weighted by atomic mass is 79.9. The van der Waals surface area contributed by atoms with Crippen molar-refractivity contribution in [3.05, 3.63) is 95.1 Å². The van der Waals surface area contributed by atoms with E-state index < -0.39 is 23.2 Å². The minimum absolute atomic E-state index is 0.0293. The fourth-order valence-corrected chi connectivity index (χ4v) is 4.52. The number of rotatable bonds is 2. The summed E-state index contributed by atoms with van der Waals surface area (Å²) in [4.78, 5) is 17.0. The zero-order chi connectivity index (χ0) is 23.4. The molecule has 11 heteroatoms. The van der Waals surface area contributed by atoms with Crippen LogP contribution in [-0.2, 0) is 0 Å². The number of benzene rings is 2. The van der Waals surface area contributed by atoms with Crippen molar-refractivity contribution >= 4 is 49.5 Å². The molecule has 0 bridgehead atoms. The summed E-state index contributed by atoms with van der Waals surface area (Å²) in [6, 6.07) is 10.2. The van der Waals surface area contributed by atoms with Gasteiger partial charge in [-0.25, -0.2) is 18.1 Å². The second-order valence-electron chi connectivity index (χ2n) is 7.09. The van der Waals surface area contributed by atoms with Crippen molar-refractivity contribution < 1.29 is 17.6 Å². The largest absolute Gasteiger partial charge is 0.406 e. The van der Waals surface area contributed by atoms with E-state index in [9.17, 15) is 18.8 Å². The Morgan fingerprint density at radius 3 is 2.55 bits per heavy atom. The predicted octanol–water partition coefficient (Wildman–Crippen LogP) is 3.45. The summed E-state index contributed by atoms with van der Waals surface area (Å²) < 4.78 is 42.5. The second-order valence-corrected chi connectivity index (χ2v) is 8.92. The molecule has 2 aromatic carbocycles. The number of nitriles is 1. The zero-order valence-electron chi connectivity index (χ0n) is 16.3. The van der Waals surface area contributed by atoms with Gasteiger partial charge in [0.2, 0.25) is 11.4 Å². The first-order valence-electron chi connectivity index (χ1n) is 9.33. The summed E-state index contributed by atoms with van der Waals surface area (Å²) >= 11 is 6.56. The number of anilines is 1. The van der Waals surface area contributed by atoms with E-state index >= 15 is 0 Å². The van der Waals surface area contributed by atoms with E-state index in [1.165, 1.54) is 47.0 Å². The lowest BCUT2D eigenvalue weighted by Gasteiger charge is -2.19. The highest BCUT2D eigenvalue weighted by molar-refractivity contribution is 9.10. The van der Waals surface area contributed by atoms with Crippen LogP contribution in [0.15, 0.2) is 59.0 Å². The lowest BCUT2D eigenvalue weighted by Crippen LogP contribution is -2.35. The van der Waals surface area contributed by atoms with Crippen LogP contribution in [0.3, 0.4) is 0 Å². The van der Waals surface area contributed by atoms with Gasteiger partial charge in [0.05, 0.1) is 5.92 Å². The summed E-state index contributed by atoms with van der Waals surface area (Å²) in [6.45, 7) is 0. The third-order valence-electron chi connectivity index (χ3n) is 5.13. The molecule has 2 aromatic heterocycles. The van der Waals surface area contributed by atoms with Crippen molar-refractivity contribution in [3.63, 3.8) is 0 Å². The van der Waals surface area contributed by atoms with Gasteiger partial charge in [0.25, 0.3) is 6.01 Å². The maximum atomic E-state index is 14.8. The van der Waals surface area contributed by atoms with Gasteiger partial charge in [-0.1, -0.05) is 31.9 Å². The van der Waals surface area contributed by atoms with Gasteiger partial charge in [-0.15, -0.1) is 0 Å². The van der Waals surface area contributed by atoms with Crippen LogP contribution in [0.1, 0.15) is 22.7 Å². The van der Waals surface area contributed by atoms with Gasteiger partial charge in [-0.05, 0) is 42.5 Å². The molecule has 164 valence electrons. The monoisotopic (exact) mass is 574 g/mol. The average Bonchev–Trinajstić information content (AvgIpc) is 3.31. The van der Waals surface area contributed by atoms with E-state index in [2.05, 4.69) is 36.8 Å². The van der Waals surface area contributed by atoms with Gasteiger partial charge in [0, 0.05) is 20.1 Å². The number of hydrogen-bond donors (Lipinski definition) is 1. The van der Waals surface area contributed by atoms with Crippen molar-refractivity contribution in [2.75, 3.05) is 5.73 Å². The lowest BCUT2D eigenvalue weighted by atomic mass is 9.87. The quantitative estimate of drug-likeness (QED) is 0.392. The normalized spacial score (nSPS) is 15.3. The first-order chi connectivity index (χ1) is 15.8. The number of oxazole rings is 2. The third kappa shape index (κ3) is 3.42.